The van der Waals surface area contributed by atoms with Gasteiger partial charge in [0.05, 0.1) is 0 Å². The number of piperidine rings is 1. The molecule has 1 aromatic rings. The maximum Gasteiger partial charge on any atom is 0.0366 e. The summed E-state index contributed by atoms with van der Waals surface area (Å²) in [5.41, 5.74) is 2.05. The Morgan fingerprint density at radius 2 is 1.68 bits per heavy atom. The van der Waals surface area contributed by atoms with E-state index in [9.17, 15) is 0 Å². The highest BCUT2D eigenvalue weighted by Crippen LogP contribution is 2.40. The molecule has 0 amide bonds. The van der Waals surface area contributed by atoms with Gasteiger partial charge in [0, 0.05) is 31.4 Å². The zero-order valence-corrected chi connectivity index (χ0v) is 13.9. The van der Waals surface area contributed by atoms with Crippen LogP contribution < -0.4 is 4.90 Å². The third kappa shape index (κ3) is 2.77. The zero-order chi connectivity index (χ0) is 15.0. The molecule has 1 atom stereocenters. The summed E-state index contributed by atoms with van der Waals surface area (Å²) in [6, 6.07) is 11.7. The van der Waals surface area contributed by atoms with Gasteiger partial charge in [-0.1, -0.05) is 18.2 Å². The average molecular weight is 299 g/mol. The number of anilines is 1. The molecule has 3 aliphatic rings. The molecule has 3 heteroatoms. The predicted molar refractivity (Wildman–Crippen MR) is 92.4 cm³/mol. The second kappa shape index (κ2) is 5.86. The van der Waals surface area contributed by atoms with Crippen LogP contribution in [0.15, 0.2) is 30.3 Å². The summed E-state index contributed by atoms with van der Waals surface area (Å²) in [4.78, 5) is 7.88. The molecular formula is C19H29N3. The van der Waals surface area contributed by atoms with Crippen LogP contribution >= 0.6 is 0 Å². The Morgan fingerprint density at radius 1 is 0.955 bits per heavy atom. The Labute approximate surface area is 134 Å². The highest BCUT2D eigenvalue weighted by molar-refractivity contribution is 5.47. The Kier molecular flexibility index (Phi) is 3.87. The monoisotopic (exact) mass is 299 g/mol. The van der Waals surface area contributed by atoms with Crippen LogP contribution in [0.2, 0.25) is 0 Å². The molecule has 22 heavy (non-hydrogen) atoms. The summed E-state index contributed by atoms with van der Waals surface area (Å²) >= 11 is 0. The van der Waals surface area contributed by atoms with E-state index in [1.165, 1.54) is 70.6 Å². The van der Waals surface area contributed by atoms with Crippen molar-refractivity contribution in [2.24, 2.45) is 5.41 Å². The summed E-state index contributed by atoms with van der Waals surface area (Å²) < 4.78 is 0. The molecular weight excluding hydrogens is 270 g/mol. The van der Waals surface area contributed by atoms with Gasteiger partial charge in [-0.3, -0.25) is 4.90 Å². The van der Waals surface area contributed by atoms with E-state index < -0.39 is 0 Å². The van der Waals surface area contributed by atoms with Crippen molar-refractivity contribution in [3.63, 3.8) is 0 Å². The van der Waals surface area contributed by atoms with Crippen LogP contribution in [-0.2, 0) is 0 Å². The van der Waals surface area contributed by atoms with E-state index in [2.05, 4.69) is 52.1 Å². The van der Waals surface area contributed by atoms with E-state index in [4.69, 9.17) is 0 Å². The molecule has 1 aromatic carbocycles. The molecule has 120 valence electrons. The number of likely N-dealkylation sites (tertiary alicyclic amines) is 2. The molecule has 0 unspecified atom stereocenters. The molecule has 3 saturated heterocycles. The van der Waals surface area contributed by atoms with E-state index in [0.717, 1.165) is 6.04 Å². The van der Waals surface area contributed by atoms with Crippen LogP contribution in [-0.4, -0.2) is 62.2 Å². The summed E-state index contributed by atoms with van der Waals surface area (Å²) in [7, 11) is 2.29. The third-order valence-electron chi connectivity index (χ3n) is 6.29. The Hall–Kier alpha value is -1.06. The lowest BCUT2D eigenvalue weighted by molar-refractivity contribution is 0.0844. The van der Waals surface area contributed by atoms with Gasteiger partial charge in [-0.15, -0.1) is 0 Å². The second-order valence-corrected chi connectivity index (χ2v) is 7.75. The maximum absolute atomic E-state index is 2.78. The van der Waals surface area contributed by atoms with Crippen molar-refractivity contribution in [3.05, 3.63) is 30.3 Å². The number of para-hydroxylation sites is 1. The number of hydrogen-bond donors (Lipinski definition) is 0. The summed E-state index contributed by atoms with van der Waals surface area (Å²) in [5.74, 6) is 0. The second-order valence-electron chi connectivity index (χ2n) is 7.75. The van der Waals surface area contributed by atoms with Crippen molar-refractivity contribution >= 4 is 5.69 Å². The van der Waals surface area contributed by atoms with Crippen molar-refractivity contribution < 1.29 is 0 Å². The molecule has 1 spiro atoms. The SMILES string of the molecule is CN1CCC2(CCN([C@@H]3CCN(c4ccccc4)C3)CC2)C1. The molecule has 0 N–H and O–H groups in total. The first-order valence-corrected chi connectivity index (χ1v) is 8.97. The lowest BCUT2D eigenvalue weighted by Gasteiger charge is -2.41. The van der Waals surface area contributed by atoms with E-state index in [1.54, 1.807) is 0 Å². The molecule has 3 fully saturated rings. The van der Waals surface area contributed by atoms with Crippen LogP contribution in [0, 0.1) is 5.41 Å². The number of hydrogen-bond acceptors (Lipinski definition) is 3. The van der Waals surface area contributed by atoms with Gasteiger partial charge < -0.3 is 9.80 Å². The van der Waals surface area contributed by atoms with Crippen molar-refractivity contribution in [1.82, 2.24) is 9.80 Å². The quantitative estimate of drug-likeness (QED) is 0.831. The van der Waals surface area contributed by atoms with Crippen molar-refractivity contribution in [3.8, 4) is 0 Å². The Balaban J connectivity index is 1.33. The molecule has 0 radical (unpaired) electrons. The summed E-state index contributed by atoms with van der Waals surface area (Å²) in [6.45, 7) is 7.73. The molecule has 4 rings (SSSR count). The number of nitrogens with zero attached hydrogens (tertiary/aromatic N) is 3. The van der Waals surface area contributed by atoms with Gasteiger partial charge in [0.1, 0.15) is 0 Å². The molecule has 3 nitrogen and oxygen atoms in total. The normalized spacial score (nSPS) is 29.5. The van der Waals surface area contributed by atoms with E-state index in [-0.39, 0.29) is 0 Å². The van der Waals surface area contributed by atoms with Crippen molar-refractivity contribution in [2.75, 3.05) is 51.2 Å². The number of rotatable bonds is 2. The van der Waals surface area contributed by atoms with Gasteiger partial charge in [-0.2, -0.15) is 0 Å². The van der Waals surface area contributed by atoms with Gasteiger partial charge in [0.2, 0.25) is 0 Å². The van der Waals surface area contributed by atoms with Gasteiger partial charge in [0.25, 0.3) is 0 Å². The minimum Gasteiger partial charge on any atom is -0.370 e. The third-order valence-corrected chi connectivity index (χ3v) is 6.29. The van der Waals surface area contributed by atoms with Crippen LogP contribution in [0.1, 0.15) is 25.7 Å². The lowest BCUT2D eigenvalue weighted by atomic mass is 9.77. The largest absolute Gasteiger partial charge is 0.370 e. The maximum atomic E-state index is 2.78. The Bertz CT molecular complexity index is 493. The first kappa shape index (κ1) is 14.5. The smallest absolute Gasteiger partial charge is 0.0366 e. The van der Waals surface area contributed by atoms with Gasteiger partial charge in [0.15, 0.2) is 0 Å². The fourth-order valence-corrected chi connectivity index (χ4v) is 4.84. The minimum atomic E-state index is 0.656. The van der Waals surface area contributed by atoms with E-state index >= 15 is 0 Å². The fourth-order valence-electron chi connectivity index (χ4n) is 4.84. The molecule has 0 saturated carbocycles. The van der Waals surface area contributed by atoms with E-state index in [0.29, 0.717) is 5.41 Å². The lowest BCUT2D eigenvalue weighted by Crippen LogP contribution is -2.47. The highest BCUT2D eigenvalue weighted by Gasteiger charge is 2.41. The molecule has 3 aliphatic heterocycles. The average Bonchev–Trinajstić information content (AvgIpc) is 3.17. The fraction of sp³-hybridized carbons (Fsp3) is 0.684. The summed E-state index contributed by atoms with van der Waals surface area (Å²) in [5, 5.41) is 0. The van der Waals surface area contributed by atoms with Gasteiger partial charge in [-0.25, -0.2) is 0 Å². The molecule has 0 aliphatic carbocycles. The minimum absolute atomic E-state index is 0.656. The van der Waals surface area contributed by atoms with E-state index in [1.807, 2.05) is 0 Å². The van der Waals surface area contributed by atoms with Crippen molar-refractivity contribution in [1.29, 1.82) is 0 Å². The highest BCUT2D eigenvalue weighted by atomic mass is 15.3. The van der Waals surface area contributed by atoms with Crippen molar-refractivity contribution in [2.45, 2.75) is 31.7 Å². The zero-order valence-electron chi connectivity index (χ0n) is 13.9. The molecule has 0 bridgehead atoms. The standard InChI is InChI=1S/C19H29N3/c1-20-12-8-19(16-20)9-13-21(14-10-19)18-7-11-22(15-18)17-5-3-2-4-6-17/h2-6,18H,7-16H2,1H3/t18-/m1/s1. The predicted octanol–water partition coefficient (Wildman–Crippen LogP) is 2.68. The molecule has 0 aromatic heterocycles. The van der Waals surface area contributed by atoms with Crippen LogP contribution in [0.5, 0.6) is 0 Å². The molecule has 3 heterocycles. The first-order valence-electron chi connectivity index (χ1n) is 8.97. The van der Waals surface area contributed by atoms with Gasteiger partial charge >= 0.3 is 0 Å². The summed E-state index contributed by atoms with van der Waals surface area (Å²) in [6.07, 6.45) is 5.60. The van der Waals surface area contributed by atoms with Crippen LogP contribution in [0.4, 0.5) is 5.69 Å². The number of benzene rings is 1. The Morgan fingerprint density at radius 3 is 2.36 bits per heavy atom. The van der Waals surface area contributed by atoms with Crippen LogP contribution in [0.25, 0.3) is 0 Å². The van der Waals surface area contributed by atoms with Gasteiger partial charge in [-0.05, 0) is 69.9 Å². The topological polar surface area (TPSA) is 9.72 Å². The first-order chi connectivity index (χ1) is 10.7. The van der Waals surface area contributed by atoms with Crippen LogP contribution in [0.3, 0.4) is 0 Å².